The zero-order chi connectivity index (χ0) is 15.3. The van der Waals surface area contributed by atoms with Gasteiger partial charge in [-0.05, 0) is 48.0 Å². The van der Waals surface area contributed by atoms with Crippen molar-refractivity contribution in [2.24, 2.45) is 0 Å². The highest BCUT2D eigenvalue weighted by atomic mass is 79.9. The number of rotatable bonds is 7. The number of aromatic carboxylic acids is 1. The second-order valence-electron chi connectivity index (χ2n) is 4.13. The number of sulfonamides is 1. The molecule has 0 bridgehead atoms. The molecule has 20 heavy (non-hydrogen) atoms. The van der Waals surface area contributed by atoms with E-state index < -0.39 is 16.0 Å². The Morgan fingerprint density at radius 2 is 2.15 bits per heavy atom. The van der Waals surface area contributed by atoms with Gasteiger partial charge in [-0.1, -0.05) is 0 Å². The number of carbonyl (C=O) groups is 1. The summed E-state index contributed by atoms with van der Waals surface area (Å²) >= 11 is 3.08. The highest BCUT2D eigenvalue weighted by molar-refractivity contribution is 9.10. The van der Waals surface area contributed by atoms with Crippen LogP contribution in [0.3, 0.4) is 0 Å². The van der Waals surface area contributed by atoms with E-state index in [9.17, 15) is 13.2 Å². The van der Waals surface area contributed by atoms with E-state index in [0.717, 1.165) is 0 Å². The quantitative estimate of drug-likeness (QED) is 0.768. The summed E-state index contributed by atoms with van der Waals surface area (Å²) < 4.78 is 32.1. The number of hydrogen-bond donors (Lipinski definition) is 2. The van der Waals surface area contributed by atoms with E-state index in [1.54, 1.807) is 6.92 Å². The van der Waals surface area contributed by atoms with Crippen molar-refractivity contribution in [1.29, 1.82) is 0 Å². The normalized spacial score (nSPS) is 13.2. The molecule has 1 aromatic carbocycles. The van der Waals surface area contributed by atoms with Crippen LogP contribution in [0.25, 0.3) is 0 Å². The van der Waals surface area contributed by atoms with Crippen LogP contribution >= 0.6 is 15.9 Å². The predicted molar refractivity (Wildman–Crippen MR) is 77.4 cm³/mol. The van der Waals surface area contributed by atoms with Gasteiger partial charge in [0, 0.05) is 17.1 Å². The number of carboxylic acids is 1. The first kappa shape index (κ1) is 17.1. The van der Waals surface area contributed by atoms with Crippen LogP contribution in [0.5, 0.6) is 0 Å². The van der Waals surface area contributed by atoms with Gasteiger partial charge in [0.05, 0.1) is 17.1 Å². The van der Waals surface area contributed by atoms with E-state index in [2.05, 4.69) is 20.7 Å². The second kappa shape index (κ2) is 7.16. The topological polar surface area (TPSA) is 92.7 Å². The molecule has 112 valence electrons. The fourth-order valence-corrected chi connectivity index (χ4v) is 3.81. The summed E-state index contributed by atoms with van der Waals surface area (Å²) in [7, 11) is -3.73. The Labute approximate surface area is 126 Å². The smallest absolute Gasteiger partial charge is 0.335 e. The van der Waals surface area contributed by atoms with Crippen molar-refractivity contribution in [3.8, 4) is 0 Å². The van der Waals surface area contributed by atoms with Crippen molar-refractivity contribution >= 4 is 31.9 Å². The first-order valence-corrected chi connectivity index (χ1v) is 8.18. The summed E-state index contributed by atoms with van der Waals surface area (Å²) in [5.41, 5.74) is 0.0122. The van der Waals surface area contributed by atoms with Crippen molar-refractivity contribution < 1.29 is 23.1 Å². The van der Waals surface area contributed by atoms with Crippen LogP contribution in [0.2, 0.25) is 0 Å². The average Bonchev–Trinajstić information content (AvgIpc) is 2.35. The molecule has 0 amide bonds. The molecule has 0 saturated heterocycles. The molecular formula is C12H16BrNO5S. The zero-order valence-electron chi connectivity index (χ0n) is 11.1. The van der Waals surface area contributed by atoms with Crippen molar-refractivity contribution in [1.82, 2.24) is 4.72 Å². The fraction of sp³-hybridized carbons (Fsp3) is 0.417. The molecule has 0 radical (unpaired) electrons. The molecule has 6 nitrogen and oxygen atoms in total. The molecular weight excluding hydrogens is 350 g/mol. The SMILES string of the molecule is CCOCC(C)NS(=O)(=O)c1ccc(C(=O)O)cc1Br. The molecule has 0 spiro atoms. The molecule has 0 heterocycles. The van der Waals surface area contributed by atoms with E-state index in [1.807, 2.05) is 6.92 Å². The Hall–Kier alpha value is -0.960. The maximum Gasteiger partial charge on any atom is 0.335 e. The molecule has 1 unspecified atom stereocenters. The van der Waals surface area contributed by atoms with Gasteiger partial charge in [0.15, 0.2) is 0 Å². The van der Waals surface area contributed by atoms with Crippen LogP contribution in [0.15, 0.2) is 27.6 Å². The molecule has 2 N–H and O–H groups in total. The second-order valence-corrected chi connectivity index (χ2v) is 6.67. The van der Waals surface area contributed by atoms with E-state index in [1.165, 1.54) is 18.2 Å². The molecule has 0 saturated carbocycles. The number of ether oxygens (including phenoxy) is 1. The third-order valence-corrected chi connectivity index (χ3v) is 4.96. The van der Waals surface area contributed by atoms with Gasteiger partial charge in [0.2, 0.25) is 10.0 Å². The highest BCUT2D eigenvalue weighted by Crippen LogP contribution is 2.23. The van der Waals surface area contributed by atoms with Crippen molar-refractivity contribution in [3.05, 3.63) is 28.2 Å². The van der Waals surface area contributed by atoms with E-state index in [-0.39, 0.29) is 27.6 Å². The lowest BCUT2D eigenvalue weighted by atomic mass is 10.2. The zero-order valence-corrected chi connectivity index (χ0v) is 13.5. The fourth-order valence-electron chi connectivity index (χ4n) is 1.51. The van der Waals surface area contributed by atoms with Crippen LogP contribution in [0, 0.1) is 0 Å². The molecule has 1 atom stereocenters. The van der Waals surface area contributed by atoms with Crippen molar-refractivity contribution in [3.63, 3.8) is 0 Å². The van der Waals surface area contributed by atoms with Gasteiger partial charge < -0.3 is 9.84 Å². The maximum atomic E-state index is 12.2. The van der Waals surface area contributed by atoms with Gasteiger partial charge in [-0.25, -0.2) is 17.9 Å². The average molecular weight is 366 g/mol. The molecule has 0 fully saturated rings. The van der Waals surface area contributed by atoms with Gasteiger partial charge >= 0.3 is 5.97 Å². The lowest BCUT2D eigenvalue weighted by molar-refractivity contribution is 0.0696. The van der Waals surface area contributed by atoms with E-state index in [0.29, 0.717) is 6.61 Å². The molecule has 8 heteroatoms. The summed E-state index contributed by atoms with van der Waals surface area (Å²) in [5, 5.41) is 8.84. The van der Waals surface area contributed by atoms with Gasteiger partial charge in [-0.2, -0.15) is 0 Å². The lowest BCUT2D eigenvalue weighted by Gasteiger charge is -2.15. The Bertz CT molecular complexity index is 588. The van der Waals surface area contributed by atoms with Gasteiger partial charge in [-0.3, -0.25) is 0 Å². The summed E-state index contributed by atoms with van der Waals surface area (Å²) in [6, 6.07) is 3.37. The maximum absolute atomic E-state index is 12.2. The number of carboxylic acid groups (broad SMARTS) is 1. The summed E-state index contributed by atoms with van der Waals surface area (Å²) in [5.74, 6) is -1.12. The van der Waals surface area contributed by atoms with Gasteiger partial charge in [0.25, 0.3) is 0 Å². The minimum atomic E-state index is -3.73. The number of benzene rings is 1. The van der Waals surface area contributed by atoms with Crippen LogP contribution in [0.4, 0.5) is 0 Å². The minimum Gasteiger partial charge on any atom is -0.478 e. The lowest BCUT2D eigenvalue weighted by Crippen LogP contribution is -2.36. The van der Waals surface area contributed by atoms with Crippen LogP contribution in [-0.4, -0.2) is 38.7 Å². The predicted octanol–water partition coefficient (Wildman–Crippen LogP) is 1.85. The molecule has 0 aromatic heterocycles. The highest BCUT2D eigenvalue weighted by Gasteiger charge is 2.21. The van der Waals surface area contributed by atoms with Crippen LogP contribution < -0.4 is 4.72 Å². The minimum absolute atomic E-state index is 0.00847. The summed E-state index contributed by atoms with van der Waals surface area (Å²) in [6.45, 7) is 4.28. The number of hydrogen-bond acceptors (Lipinski definition) is 4. The Balaban J connectivity index is 2.95. The van der Waals surface area contributed by atoms with Gasteiger partial charge in [-0.15, -0.1) is 0 Å². The Morgan fingerprint density at radius 3 is 2.65 bits per heavy atom. The standard InChI is InChI=1S/C12H16BrNO5S/c1-3-19-7-8(2)14-20(17,18)11-5-4-9(12(15)16)6-10(11)13/h4-6,8,14H,3,7H2,1-2H3,(H,15,16). The van der Waals surface area contributed by atoms with E-state index >= 15 is 0 Å². The molecule has 0 aliphatic heterocycles. The number of halogens is 1. The molecule has 0 aliphatic carbocycles. The molecule has 1 aromatic rings. The Morgan fingerprint density at radius 1 is 1.50 bits per heavy atom. The first-order chi connectivity index (χ1) is 9.27. The van der Waals surface area contributed by atoms with Crippen molar-refractivity contribution in [2.75, 3.05) is 13.2 Å². The molecule has 0 aliphatic rings. The van der Waals surface area contributed by atoms with Crippen molar-refractivity contribution in [2.45, 2.75) is 24.8 Å². The van der Waals surface area contributed by atoms with Crippen LogP contribution in [-0.2, 0) is 14.8 Å². The first-order valence-electron chi connectivity index (χ1n) is 5.91. The van der Waals surface area contributed by atoms with E-state index in [4.69, 9.17) is 9.84 Å². The molecule has 1 rings (SSSR count). The van der Waals surface area contributed by atoms with Crippen LogP contribution in [0.1, 0.15) is 24.2 Å². The Kier molecular flexibility index (Phi) is 6.12. The summed E-state index contributed by atoms with van der Waals surface area (Å²) in [6.07, 6.45) is 0. The monoisotopic (exact) mass is 365 g/mol. The van der Waals surface area contributed by atoms with Gasteiger partial charge in [0.1, 0.15) is 0 Å². The summed E-state index contributed by atoms with van der Waals surface area (Å²) in [4.78, 5) is 10.8. The third-order valence-electron chi connectivity index (χ3n) is 2.40. The third kappa shape index (κ3) is 4.55. The largest absolute Gasteiger partial charge is 0.478 e. The number of nitrogens with one attached hydrogen (secondary N) is 1.